The molecule has 1 aliphatic heterocycles. The third-order valence-electron chi connectivity index (χ3n) is 5.63. The SMILES string of the molecule is COC(=O)N1CC(Oc2cc(CC3CCC(F)(F)CC3)nc(-n3ccc(CF)n3)n2)C1. The molecule has 2 aliphatic rings. The van der Waals surface area contributed by atoms with Crippen molar-refractivity contribution in [2.75, 3.05) is 20.2 Å². The fourth-order valence-corrected chi connectivity index (χ4v) is 3.83. The van der Waals surface area contributed by atoms with E-state index in [-0.39, 0.29) is 36.5 Å². The van der Waals surface area contributed by atoms with E-state index in [1.54, 1.807) is 12.3 Å². The monoisotopic (exact) mass is 439 g/mol. The highest BCUT2D eigenvalue weighted by Crippen LogP contribution is 2.37. The molecular formula is C20H24F3N5O3. The molecule has 0 aromatic carbocycles. The molecule has 2 aromatic rings. The highest BCUT2D eigenvalue weighted by atomic mass is 19.3. The zero-order valence-corrected chi connectivity index (χ0v) is 17.1. The molecule has 0 atom stereocenters. The molecule has 0 unspecified atom stereocenters. The minimum absolute atomic E-state index is 0.0905. The van der Waals surface area contributed by atoms with Gasteiger partial charge in [0.1, 0.15) is 12.8 Å². The van der Waals surface area contributed by atoms with Gasteiger partial charge >= 0.3 is 6.09 Å². The topological polar surface area (TPSA) is 82.4 Å². The molecule has 0 spiro atoms. The molecule has 3 heterocycles. The van der Waals surface area contributed by atoms with Crippen molar-refractivity contribution in [2.24, 2.45) is 5.92 Å². The van der Waals surface area contributed by atoms with Gasteiger partial charge in [-0.2, -0.15) is 10.1 Å². The second-order valence-corrected chi connectivity index (χ2v) is 8.00. The first-order valence-corrected chi connectivity index (χ1v) is 10.2. The van der Waals surface area contributed by atoms with Crippen molar-refractivity contribution in [3.8, 4) is 11.8 Å². The van der Waals surface area contributed by atoms with Crippen molar-refractivity contribution in [1.82, 2.24) is 24.6 Å². The second-order valence-electron chi connectivity index (χ2n) is 8.00. The summed E-state index contributed by atoms with van der Waals surface area (Å²) >= 11 is 0. The number of carbonyl (C=O) groups is 1. The number of nitrogens with zero attached hydrogens (tertiary/aromatic N) is 5. The van der Waals surface area contributed by atoms with Crippen LogP contribution in [0.25, 0.3) is 5.95 Å². The predicted octanol–water partition coefficient (Wildman–Crippen LogP) is 3.33. The first kappa shape index (κ1) is 21.4. The van der Waals surface area contributed by atoms with E-state index in [2.05, 4.69) is 19.8 Å². The van der Waals surface area contributed by atoms with E-state index in [9.17, 15) is 18.0 Å². The number of hydrogen-bond donors (Lipinski definition) is 0. The number of ether oxygens (including phenoxy) is 2. The summed E-state index contributed by atoms with van der Waals surface area (Å²) in [4.78, 5) is 21.9. The lowest BCUT2D eigenvalue weighted by Crippen LogP contribution is -2.56. The molecule has 0 N–H and O–H groups in total. The Bertz CT molecular complexity index is 923. The zero-order valence-electron chi connectivity index (χ0n) is 17.1. The quantitative estimate of drug-likeness (QED) is 0.687. The van der Waals surface area contributed by atoms with Crippen LogP contribution >= 0.6 is 0 Å². The maximum absolute atomic E-state index is 13.5. The Kier molecular flexibility index (Phi) is 6.01. The number of aromatic nitrogens is 4. The Morgan fingerprint density at radius 3 is 2.61 bits per heavy atom. The molecule has 2 fully saturated rings. The smallest absolute Gasteiger partial charge is 0.409 e. The maximum atomic E-state index is 13.5. The van der Waals surface area contributed by atoms with Crippen molar-refractivity contribution in [3.05, 3.63) is 29.7 Å². The number of halogens is 3. The van der Waals surface area contributed by atoms with Crippen molar-refractivity contribution in [1.29, 1.82) is 0 Å². The average Bonchev–Trinajstić information content (AvgIpc) is 3.21. The Balaban J connectivity index is 1.50. The van der Waals surface area contributed by atoms with E-state index in [4.69, 9.17) is 4.74 Å². The number of likely N-dealkylation sites (tertiary alicyclic amines) is 1. The molecule has 2 aromatic heterocycles. The van der Waals surface area contributed by atoms with Gasteiger partial charge in [-0.15, -0.1) is 0 Å². The summed E-state index contributed by atoms with van der Waals surface area (Å²) in [5, 5.41) is 4.10. The maximum Gasteiger partial charge on any atom is 0.409 e. The standard InChI is InChI=1S/C20H24F3N5O3/c1-30-19(29)27-11-16(12-27)31-17-9-15(8-13-2-5-20(22,23)6-3-13)24-18(25-17)28-7-4-14(10-21)26-28/h4,7,9,13,16H,2-3,5-6,8,10-12H2,1H3. The lowest BCUT2D eigenvalue weighted by molar-refractivity contribution is -0.0457. The summed E-state index contributed by atoms with van der Waals surface area (Å²) in [6.45, 7) is 0.0252. The molecule has 31 heavy (non-hydrogen) atoms. The number of rotatable bonds is 6. The fourth-order valence-electron chi connectivity index (χ4n) is 3.83. The van der Waals surface area contributed by atoms with Crippen LogP contribution < -0.4 is 4.74 Å². The molecule has 8 nitrogen and oxygen atoms in total. The number of carbonyl (C=O) groups excluding carboxylic acids is 1. The van der Waals surface area contributed by atoms with Crippen LogP contribution in [-0.2, 0) is 17.8 Å². The van der Waals surface area contributed by atoms with Crippen molar-refractivity contribution in [2.45, 2.75) is 50.8 Å². The number of amides is 1. The first-order chi connectivity index (χ1) is 14.8. The zero-order chi connectivity index (χ0) is 22.0. The highest BCUT2D eigenvalue weighted by molar-refractivity contribution is 5.68. The molecule has 1 amide bonds. The number of methoxy groups -OCH3 is 1. The summed E-state index contributed by atoms with van der Waals surface area (Å²) in [6.07, 6.45) is 2.00. The minimum Gasteiger partial charge on any atom is -0.470 e. The van der Waals surface area contributed by atoms with Crippen LogP contribution in [0.15, 0.2) is 18.3 Å². The Morgan fingerprint density at radius 1 is 1.23 bits per heavy atom. The fraction of sp³-hybridized carbons (Fsp3) is 0.600. The Labute approximate surface area is 177 Å². The van der Waals surface area contributed by atoms with Crippen LogP contribution in [0.3, 0.4) is 0 Å². The number of alkyl halides is 3. The summed E-state index contributed by atoms with van der Waals surface area (Å²) in [5.74, 6) is -1.98. The normalized spacial score (nSPS) is 19.2. The van der Waals surface area contributed by atoms with Gasteiger partial charge in [0, 0.05) is 25.1 Å². The molecule has 4 rings (SSSR count). The van der Waals surface area contributed by atoms with Crippen molar-refractivity contribution < 1.29 is 27.4 Å². The summed E-state index contributed by atoms with van der Waals surface area (Å²) < 4.78 is 51.8. The van der Waals surface area contributed by atoms with Gasteiger partial charge in [-0.25, -0.2) is 27.6 Å². The average molecular weight is 439 g/mol. The van der Waals surface area contributed by atoms with E-state index >= 15 is 0 Å². The van der Waals surface area contributed by atoms with Crippen LogP contribution in [0.4, 0.5) is 18.0 Å². The van der Waals surface area contributed by atoms with E-state index in [1.165, 1.54) is 22.8 Å². The van der Waals surface area contributed by atoms with E-state index in [0.717, 1.165) is 0 Å². The van der Waals surface area contributed by atoms with Gasteiger partial charge in [-0.3, -0.25) is 0 Å². The van der Waals surface area contributed by atoms with E-state index < -0.39 is 18.7 Å². The number of hydrogen-bond acceptors (Lipinski definition) is 6. The first-order valence-electron chi connectivity index (χ1n) is 10.2. The van der Waals surface area contributed by atoms with Crippen LogP contribution in [0.1, 0.15) is 37.1 Å². The minimum atomic E-state index is -2.59. The summed E-state index contributed by atoms with van der Waals surface area (Å²) in [6, 6.07) is 3.22. The Morgan fingerprint density at radius 2 is 1.97 bits per heavy atom. The van der Waals surface area contributed by atoms with Gasteiger partial charge < -0.3 is 14.4 Å². The predicted molar refractivity (Wildman–Crippen MR) is 103 cm³/mol. The van der Waals surface area contributed by atoms with Gasteiger partial charge in [0.05, 0.1) is 31.6 Å². The largest absolute Gasteiger partial charge is 0.470 e. The van der Waals surface area contributed by atoms with Crippen molar-refractivity contribution in [3.63, 3.8) is 0 Å². The lowest BCUT2D eigenvalue weighted by Gasteiger charge is -2.37. The van der Waals surface area contributed by atoms with Gasteiger partial charge in [-0.05, 0) is 31.2 Å². The van der Waals surface area contributed by atoms with Crippen LogP contribution in [0.2, 0.25) is 0 Å². The second kappa shape index (κ2) is 8.72. The molecule has 1 saturated heterocycles. The van der Waals surface area contributed by atoms with Gasteiger partial charge in [0.2, 0.25) is 11.8 Å². The molecule has 0 bridgehead atoms. The van der Waals surface area contributed by atoms with E-state index in [0.29, 0.717) is 43.9 Å². The van der Waals surface area contributed by atoms with Gasteiger partial charge in [0.15, 0.2) is 0 Å². The molecule has 0 radical (unpaired) electrons. The molecule has 1 saturated carbocycles. The third-order valence-corrected chi connectivity index (χ3v) is 5.63. The van der Waals surface area contributed by atoms with Crippen molar-refractivity contribution >= 4 is 6.09 Å². The Hall–Kier alpha value is -2.85. The van der Waals surface area contributed by atoms with Crippen LogP contribution in [0.5, 0.6) is 5.88 Å². The lowest BCUT2D eigenvalue weighted by atomic mass is 9.84. The molecule has 11 heteroatoms. The van der Waals surface area contributed by atoms with Crippen LogP contribution in [-0.4, -0.2) is 63.0 Å². The molecular weight excluding hydrogens is 415 g/mol. The van der Waals surface area contributed by atoms with Crippen LogP contribution in [0, 0.1) is 5.92 Å². The summed E-state index contributed by atoms with van der Waals surface area (Å²) in [5.41, 5.74) is 0.898. The third kappa shape index (κ3) is 5.08. The van der Waals surface area contributed by atoms with Gasteiger partial charge in [0.25, 0.3) is 5.95 Å². The molecule has 168 valence electrons. The van der Waals surface area contributed by atoms with E-state index in [1.807, 2.05) is 0 Å². The molecule has 1 aliphatic carbocycles. The summed E-state index contributed by atoms with van der Waals surface area (Å²) in [7, 11) is 1.32. The highest BCUT2D eigenvalue weighted by Gasteiger charge is 2.36. The van der Waals surface area contributed by atoms with Gasteiger partial charge in [-0.1, -0.05) is 0 Å².